The number of fused-ring (bicyclic) bond motifs is 1. The summed E-state index contributed by atoms with van der Waals surface area (Å²) >= 11 is 7.40. The third kappa shape index (κ3) is 4.23. The predicted octanol–water partition coefficient (Wildman–Crippen LogP) is 4.75. The van der Waals surface area contributed by atoms with E-state index in [1.807, 2.05) is 0 Å². The molecule has 1 heterocycles. The Kier molecular flexibility index (Phi) is 5.58. The number of hydrogen-bond acceptors (Lipinski definition) is 4. The van der Waals surface area contributed by atoms with E-state index in [0.29, 0.717) is 12.0 Å². The molecule has 0 saturated carbocycles. The third-order valence-corrected chi connectivity index (χ3v) is 5.36. The van der Waals surface area contributed by atoms with Crippen LogP contribution in [0.3, 0.4) is 0 Å². The lowest BCUT2D eigenvalue weighted by Crippen LogP contribution is -2.29. The fourth-order valence-corrected chi connectivity index (χ4v) is 3.97. The van der Waals surface area contributed by atoms with Crippen LogP contribution < -0.4 is 5.32 Å². The lowest BCUT2D eigenvalue weighted by molar-refractivity contribution is -0.384. The summed E-state index contributed by atoms with van der Waals surface area (Å²) in [7, 11) is 0. The van der Waals surface area contributed by atoms with Crippen molar-refractivity contribution in [2.45, 2.75) is 17.4 Å². The van der Waals surface area contributed by atoms with Crippen molar-refractivity contribution in [2.75, 3.05) is 5.75 Å². The molecule has 5 nitrogen and oxygen atoms in total. The highest BCUT2D eigenvalue weighted by atomic mass is 35.5. The van der Waals surface area contributed by atoms with Gasteiger partial charge in [-0.3, -0.25) is 14.9 Å². The molecular formula is C18H14ClFN2O3S. The summed E-state index contributed by atoms with van der Waals surface area (Å²) in [5, 5.41) is 13.8. The van der Waals surface area contributed by atoms with Gasteiger partial charge in [0.25, 0.3) is 5.69 Å². The van der Waals surface area contributed by atoms with E-state index >= 15 is 0 Å². The molecule has 0 aromatic heterocycles. The minimum Gasteiger partial charge on any atom is -0.346 e. The Hall–Kier alpha value is -2.38. The standard InChI is InChI=1S/C18H14ClFN2O3S/c19-14-4-1-11(9-16(14)22(24)25)2-6-18(23)21-15-7-8-26-17-5-3-12(20)10-13(15)17/h1-6,9-10,15H,7-8H2,(H,21,23)/b6-2+. The third-order valence-electron chi connectivity index (χ3n) is 3.92. The topological polar surface area (TPSA) is 72.2 Å². The molecule has 0 fully saturated rings. The molecule has 0 spiro atoms. The van der Waals surface area contributed by atoms with E-state index in [2.05, 4.69) is 5.32 Å². The van der Waals surface area contributed by atoms with E-state index in [-0.39, 0.29) is 28.5 Å². The number of thioether (sulfide) groups is 1. The Labute approximate surface area is 158 Å². The summed E-state index contributed by atoms with van der Waals surface area (Å²) < 4.78 is 13.5. The van der Waals surface area contributed by atoms with Crippen molar-refractivity contribution in [1.82, 2.24) is 5.32 Å². The fourth-order valence-electron chi connectivity index (χ4n) is 2.68. The van der Waals surface area contributed by atoms with E-state index < -0.39 is 4.92 Å². The first-order valence-electron chi connectivity index (χ1n) is 7.79. The molecule has 0 aliphatic carbocycles. The van der Waals surface area contributed by atoms with Gasteiger partial charge in [0.15, 0.2) is 0 Å². The van der Waals surface area contributed by atoms with Crippen LogP contribution in [0.5, 0.6) is 0 Å². The van der Waals surface area contributed by atoms with Crippen molar-refractivity contribution in [1.29, 1.82) is 0 Å². The Morgan fingerprint density at radius 3 is 2.92 bits per heavy atom. The number of benzene rings is 2. The average Bonchev–Trinajstić information content (AvgIpc) is 2.61. The Morgan fingerprint density at radius 1 is 1.35 bits per heavy atom. The SMILES string of the molecule is O=C(/C=C/c1ccc(Cl)c([N+](=O)[O-])c1)NC1CCSc2ccc(F)cc21. The highest BCUT2D eigenvalue weighted by molar-refractivity contribution is 7.99. The van der Waals surface area contributed by atoms with Gasteiger partial charge in [0, 0.05) is 22.8 Å². The first kappa shape index (κ1) is 18.4. The summed E-state index contributed by atoms with van der Waals surface area (Å²) in [5.41, 5.74) is 1.04. The molecule has 26 heavy (non-hydrogen) atoms. The predicted molar refractivity (Wildman–Crippen MR) is 99.8 cm³/mol. The highest BCUT2D eigenvalue weighted by Gasteiger charge is 2.22. The molecule has 1 atom stereocenters. The number of nitrogens with one attached hydrogen (secondary N) is 1. The monoisotopic (exact) mass is 392 g/mol. The normalized spacial score (nSPS) is 16.3. The van der Waals surface area contributed by atoms with Crippen molar-refractivity contribution < 1.29 is 14.1 Å². The lowest BCUT2D eigenvalue weighted by Gasteiger charge is -2.25. The zero-order valence-electron chi connectivity index (χ0n) is 13.4. The minimum atomic E-state index is -0.578. The second-order valence-corrected chi connectivity index (χ2v) is 7.23. The van der Waals surface area contributed by atoms with Crippen LogP contribution in [0, 0.1) is 15.9 Å². The van der Waals surface area contributed by atoms with Gasteiger partial charge < -0.3 is 5.32 Å². The van der Waals surface area contributed by atoms with Crippen molar-refractivity contribution >= 4 is 41.0 Å². The molecule has 1 N–H and O–H groups in total. The van der Waals surface area contributed by atoms with Gasteiger partial charge in [0.2, 0.25) is 5.91 Å². The molecule has 8 heteroatoms. The van der Waals surface area contributed by atoms with Gasteiger partial charge in [0.05, 0.1) is 11.0 Å². The fraction of sp³-hybridized carbons (Fsp3) is 0.167. The summed E-state index contributed by atoms with van der Waals surface area (Å²) in [5.74, 6) is 0.140. The molecule has 0 radical (unpaired) electrons. The number of halogens is 2. The molecule has 134 valence electrons. The van der Waals surface area contributed by atoms with E-state index in [1.165, 1.54) is 36.4 Å². The van der Waals surface area contributed by atoms with E-state index in [4.69, 9.17) is 11.6 Å². The molecular weight excluding hydrogens is 379 g/mol. The Morgan fingerprint density at radius 2 is 2.15 bits per heavy atom. The van der Waals surface area contributed by atoms with E-state index in [9.17, 15) is 19.3 Å². The van der Waals surface area contributed by atoms with Gasteiger partial charge >= 0.3 is 0 Å². The Balaban J connectivity index is 1.72. The minimum absolute atomic E-state index is 0.0370. The summed E-state index contributed by atoms with van der Waals surface area (Å²) in [4.78, 5) is 23.5. The zero-order valence-corrected chi connectivity index (χ0v) is 15.0. The molecule has 1 amide bonds. The maximum atomic E-state index is 13.5. The van der Waals surface area contributed by atoms with E-state index in [1.54, 1.807) is 23.9 Å². The van der Waals surface area contributed by atoms with Crippen LogP contribution in [0.25, 0.3) is 6.08 Å². The first-order chi connectivity index (χ1) is 12.4. The average molecular weight is 393 g/mol. The van der Waals surface area contributed by atoms with Crippen LogP contribution in [0.2, 0.25) is 5.02 Å². The largest absolute Gasteiger partial charge is 0.346 e. The second kappa shape index (κ2) is 7.88. The molecule has 3 rings (SSSR count). The van der Waals surface area contributed by atoms with Crippen molar-refractivity contribution in [2.24, 2.45) is 0 Å². The molecule has 0 saturated heterocycles. The summed E-state index contributed by atoms with van der Waals surface area (Å²) in [6.45, 7) is 0. The van der Waals surface area contributed by atoms with Crippen molar-refractivity contribution in [3.63, 3.8) is 0 Å². The number of carbonyl (C=O) groups excluding carboxylic acids is 1. The molecule has 1 aliphatic heterocycles. The smallest absolute Gasteiger partial charge is 0.288 e. The molecule has 2 aromatic carbocycles. The second-order valence-electron chi connectivity index (χ2n) is 5.68. The maximum absolute atomic E-state index is 13.5. The molecule has 2 aromatic rings. The molecule has 0 bridgehead atoms. The van der Waals surface area contributed by atoms with Gasteiger partial charge in [-0.25, -0.2) is 4.39 Å². The van der Waals surface area contributed by atoms with Crippen LogP contribution >= 0.6 is 23.4 Å². The van der Waals surface area contributed by atoms with Gasteiger partial charge in [-0.2, -0.15) is 0 Å². The van der Waals surface area contributed by atoms with Gasteiger partial charge in [-0.1, -0.05) is 17.7 Å². The number of nitro groups is 1. The summed E-state index contributed by atoms with van der Waals surface area (Å²) in [6, 6.07) is 8.60. The van der Waals surface area contributed by atoms with Crippen LogP contribution in [0.4, 0.5) is 10.1 Å². The number of amides is 1. The van der Waals surface area contributed by atoms with Crippen LogP contribution in [0.15, 0.2) is 47.4 Å². The van der Waals surface area contributed by atoms with Gasteiger partial charge in [-0.15, -0.1) is 11.8 Å². The number of carbonyl (C=O) groups is 1. The molecule has 1 aliphatic rings. The quantitative estimate of drug-likeness (QED) is 0.463. The lowest BCUT2D eigenvalue weighted by atomic mass is 10.0. The summed E-state index contributed by atoms with van der Waals surface area (Å²) in [6.07, 6.45) is 3.48. The van der Waals surface area contributed by atoms with E-state index in [0.717, 1.165) is 16.2 Å². The van der Waals surface area contributed by atoms with Crippen molar-refractivity contribution in [3.8, 4) is 0 Å². The van der Waals surface area contributed by atoms with Crippen molar-refractivity contribution in [3.05, 3.63) is 74.6 Å². The van der Waals surface area contributed by atoms with Crippen LogP contribution in [-0.2, 0) is 4.79 Å². The highest BCUT2D eigenvalue weighted by Crippen LogP contribution is 2.36. The van der Waals surface area contributed by atoms with Crippen LogP contribution in [-0.4, -0.2) is 16.6 Å². The number of hydrogen-bond donors (Lipinski definition) is 1. The first-order valence-corrected chi connectivity index (χ1v) is 9.15. The van der Waals surface area contributed by atoms with Crippen LogP contribution in [0.1, 0.15) is 23.6 Å². The Bertz CT molecular complexity index is 904. The van der Waals surface area contributed by atoms with Gasteiger partial charge in [0.1, 0.15) is 10.8 Å². The maximum Gasteiger partial charge on any atom is 0.288 e. The number of nitrogens with zero attached hydrogens (tertiary/aromatic N) is 1. The molecule has 1 unspecified atom stereocenters. The number of rotatable bonds is 4. The number of nitro benzene ring substituents is 1. The zero-order chi connectivity index (χ0) is 18.7. The van der Waals surface area contributed by atoms with Gasteiger partial charge in [-0.05, 0) is 47.9 Å².